The molecule has 0 amide bonds. The van der Waals surface area contributed by atoms with Gasteiger partial charge in [0.1, 0.15) is 0 Å². The predicted octanol–water partition coefficient (Wildman–Crippen LogP) is 0.901. The smallest absolute Gasteiger partial charge is 0.0612 e. The maximum Gasteiger partial charge on any atom is 0.0612 e. The van der Waals surface area contributed by atoms with Crippen LogP contribution in [0.1, 0.15) is 25.7 Å². The Hall–Kier alpha value is -0.0800. The average Bonchev–Trinajstić information content (AvgIpc) is 2.53. The van der Waals surface area contributed by atoms with Gasteiger partial charge in [-0.1, -0.05) is 0 Å². The van der Waals surface area contributed by atoms with Gasteiger partial charge in [0.05, 0.1) is 12.2 Å². The first-order valence-corrected chi connectivity index (χ1v) is 4.75. The molecule has 0 spiro atoms. The summed E-state index contributed by atoms with van der Waals surface area (Å²) < 4.78 is 5.83. The normalized spacial score (nSPS) is 60.3. The van der Waals surface area contributed by atoms with E-state index in [1.165, 1.54) is 25.7 Å². The molecule has 0 radical (unpaired) electrons. The number of rotatable bonds is 0. The largest absolute Gasteiger partial charge is 0.374 e. The summed E-state index contributed by atoms with van der Waals surface area (Å²) in [5.41, 5.74) is 5.92. The van der Waals surface area contributed by atoms with Crippen LogP contribution in [-0.4, -0.2) is 18.2 Å². The van der Waals surface area contributed by atoms with Crippen LogP contribution >= 0.6 is 0 Å². The summed E-state index contributed by atoms with van der Waals surface area (Å²) >= 11 is 0. The van der Waals surface area contributed by atoms with Crippen molar-refractivity contribution in [2.24, 2.45) is 17.6 Å². The van der Waals surface area contributed by atoms with E-state index in [4.69, 9.17) is 10.5 Å². The van der Waals surface area contributed by atoms with Crippen LogP contribution in [0.25, 0.3) is 0 Å². The molecular weight excluding hydrogens is 138 g/mol. The van der Waals surface area contributed by atoms with Crippen LogP contribution in [0.2, 0.25) is 0 Å². The molecule has 2 saturated heterocycles. The van der Waals surface area contributed by atoms with Crippen molar-refractivity contribution in [3.8, 4) is 0 Å². The molecule has 2 heteroatoms. The number of fused-ring (bicyclic) bond motifs is 5. The van der Waals surface area contributed by atoms with Gasteiger partial charge in [-0.3, -0.25) is 0 Å². The van der Waals surface area contributed by atoms with Crippen LogP contribution in [-0.2, 0) is 4.74 Å². The molecule has 11 heavy (non-hydrogen) atoms. The van der Waals surface area contributed by atoms with E-state index in [9.17, 15) is 0 Å². The van der Waals surface area contributed by atoms with Gasteiger partial charge in [0, 0.05) is 6.04 Å². The number of hydrogen-bond acceptors (Lipinski definition) is 2. The lowest BCUT2D eigenvalue weighted by Gasteiger charge is -2.19. The molecule has 2 heterocycles. The lowest BCUT2D eigenvalue weighted by molar-refractivity contribution is 0.0799. The standard InChI is InChI=1S/C9H15NO/c10-5-3-6-7(4-5)9-2-1-8(6)11-9/h5-9H,1-4,10H2. The third-order valence-corrected chi connectivity index (χ3v) is 3.74. The number of hydrogen-bond donors (Lipinski definition) is 1. The van der Waals surface area contributed by atoms with E-state index in [0.29, 0.717) is 18.2 Å². The van der Waals surface area contributed by atoms with Gasteiger partial charge in [-0.15, -0.1) is 0 Å². The Morgan fingerprint density at radius 1 is 1.00 bits per heavy atom. The minimum absolute atomic E-state index is 0.483. The van der Waals surface area contributed by atoms with Crippen LogP contribution in [0.5, 0.6) is 0 Å². The van der Waals surface area contributed by atoms with Crippen molar-refractivity contribution >= 4 is 0 Å². The van der Waals surface area contributed by atoms with Crippen LogP contribution in [0.15, 0.2) is 0 Å². The molecule has 2 bridgehead atoms. The van der Waals surface area contributed by atoms with Crippen molar-refractivity contribution in [1.29, 1.82) is 0 Å². The Morgan fingerprint density at radius 2 is 1.55 bits per heavy atom. The van der Waals surface area contributed by atoms with Gasteiger partial charge in [-0.25, -0.2) is 0 Å². The molecular formula is C9H15NO. The van der Waals surface area contributed by atoms with Gasteiger partial charge in [-0.05, 0) is 37.5 Å². The first kappa shape index (κ1) is 6.44. The minimum Gasteiger partial charge on any atom is -0.374 e. The molecule has 2 N–H and O–H groups in total. The van der Waals surface area contributed by atoms with E-state index in [2.05, 4.69) is 0 Å². The molecule has 1 saturated carbocycles. The predicted molar refractivity (Wildman–Crippen MR) is 42.1 cm³/mol. The van der Waals surface area contributed by atoms with Crippen molar-refractivity contribution in [2.75, 3.05) is 0 Å². The molecule has 0 aromatic heterocycles. The van der Waals surface area contributed by atoms with Gasteiger partial charge < -0.3 is 10.5 Å². The number of ether oxygens (including phenoxy) is 1. The van der Waals surface area contributed by atoms with Gasteiger partial charge >= 0.3 is 0 Å². The lowest BCUT2D eigenvalue weighted by Crippen LogP contribution is -2.21. The van der Waals surface area contributed by atoms with Gasteiger partial charge in [0.15, 0.2) is 0 Å². The summed E-state index contributed by atoms with van der Waals surface area (Å²) in [5.74, 6) is 1.67. The Labute approximate surface area is 67.1 Å². The summed E-state index contributed by atoms with van der Waals surface area (Å²) in [4.78, 5) is 0. The highest BCUT2D eigenvalue weighted by atomic mass is 16.5. The summed E-state index contributed by atoms with van der Waals surface area (Å²) in [6.45, 7) is 0. The SMILES string of the molecule is NC1CC2C3CCC(O3)C2C1. The zero-order valence-electron chi connectivity index (χ0n) is 6.70. The highest BCUT2D eigenvalue weighted by Crippen LogP contribution is 2.50. The number of nitrogens with two attached hydrogens (primary N) is 1. The molecule has 62 valence electrons. The molecule has 1 aliphatic carbocycles. The maximum absolute atomic E-state index is 5.92. The minimum atomic E-state index is 0.483. The molecule has 3 fully saturated rings. The zero-order valence-corrected chi connectivity index (χ0v) is 6.70. The highest BCUT2D eigenvalue weighted by molar-refractivity contribution is 5.02. The third-order valence-electron chi connectivity index (χ3n) is 3.74. The van der Waals surface area contributed by atoms with E-state index in [0.717, 1.165) is 11.8 Å². The summed E-state index contributed by atoms with van der Waals surface area (Å²) in [6, 6.07) is 0.483. The Bertz CT molecular complexity index is 164. The average molecular weight is 153 g/mol. The third kappa shape index (κ3) is 0.744. The second-order valence-electron chi connectivity index (χ2n) is 4.35. The van der Waals surface area contributed by atoms with Crippen molar-refractivity contribution in [3.05, 3.63) is 0 Å². The fraction of sp³-hybridized carbons (Fsp3) is 1.00. The van der Waals surface area contributed by atoms with Crippen LogP contribution in [0.3, 0.4) is 0 Å². The topological polar surface area (TPSA) is 35.2 Å². The Kier molecular flexibility index (Phi) is 1.16. The summed E-state index contributed by atoms with van der Waals surface area (Å²) in [6.07, 6.45) is 6.26. The fourth-order valence-corrected chi connectivity index (χ4v) is 3.32. The van der Waals surface area contributed by atoms with E-state index in [1.54, 1.807) is 0 Å². The zero-order chi connectivity index (χ0) is 7.42. The molecule has 4 unspecified atom stereocenters. The summed E-state index contributed by atoms with van der Waals surface area (Å²) in [5, 5.41) is 0. The molecule has 2 aliphatic heterocycles. The van der Waals surface area contributed by atoms with Gasteiger partial charge in [0.25, 0.3) is 0 Å². The summed E-state index contributed by atoms with van der Waals surface area (Å²) in [7, 11) is 0. The molecule has 0 aromatic carbocycles. The molecule has 4 atom stereocenters. The second kappa shape index (κ2) is 1.99. The van der Waals surface area contributed by atoms with E-state index < -0.39 is 0 Å². The van der Waals surface area contributed by atoms with Crippen molar-refractivity contribution in [1.82, 2.24) is 0 Å². The van der Waals surface area contributed by atoms with E-state index >= 15 is 0 Å². The molecule has 3 aliphatic rings. The van der Waals surface area contributed by atoms with E-state index in [-0.39, 0.29) is 0 Å². The fourth-order valence-electron chi connectivity index (χ4n) is 3.32. The molecule has 2 nitrogen and oxygen atoms in total. The van der Waals surface area contributed by atoms with Crippen molar-refractivity contribution in [3.63, 3.8) is 0 Å². The monoisotopic (exact) mass is 153 g/mol. The lowest BCUT2D eigenvalue weighted by atomic mass is 9.82. The Balaban J connectivity index is 1.87. The first-order valence-electron chi connectivity index (χ1n) is 4.75. The second-order valence-corrected chi connectivity index (χ2v) is 4.35. The highest BCUT2D eigenvalue weighted by Gasteiger charge is 2.52. The van der Waals surface area contributed by atoms with Gasteiger partial charge in [-0.2, -0.15) is 0 Å². The molecule has 3 rings (SSSR count). The van der Waals surface area contributed by atoms with Crippen LogP contribution in [0, 0.1) is 11.8 Å². The quantitative estimate of drug-likeness (QED) is 0.561. The van der Waals surface area contributed by atoms with Crippen LogP contribution < -0.4 is 5.73 Å². The maximum atomic E-state index is 5.92. The van der Waals surface area contributed by atoms with Crippen molar-refractivity contribution in [2.45, 2.75) is 43.9 Å². The molecule has 0 aromatic rings. The Morgan fingerprint density at radius 3 is 2.09 bits per heavy atom. The van der Waals surface area contributed by atoms with Crippen LogP contribution in [0.4, 0.5) is 0 Å². The van der Waals surface area contributed by atoms with Crippen molar-refractivity contribution < 1.29 is 4.74 Å². The first-order chi connectivity index (χ1) is 5.34. The van der Waals surface area contributed by atoms with Gasteiger partial charge in [0.2, 0.25) is 0 Å². The van der Waals surface area contributed by atoms with E-state index in [1.807, 2.05) is 0 Å².